The van der Waals surface area contributed by atoms with Crippen LogP contribution in [0.25, 0.3) is 0 Å². The molecule has 0 aromatic heterocycles. The first-order chi connectivity index (χ1) is 8.23. The van der Waals surface area contributed by atoms with Crippen molar-refractivity contribution < 1.29 is 9.09 Å². The SMILES string of the molecule is CCC1CCCCCCCCCOP1(=O)CC. The van der Waals surface area contributed by atoms with Crippen LogP contribution in [0.3, 0.4) is 0 Å². The van der Waals surface area contributed by atoms with E-state index in [1.165, 1.54) is 38.5 Å². The number of hydrogen-bond donors (Lipinski definition) is 0. The fourth-order valence-electron chi connectivity index (χ4n) is 2.72. The lowest BCUT2D eigenvalue weighted by Gasteiger charge is -2.26. The van der Waals surface area contributed by atoms with Gasteiger partial charge in [0, 0.05) is 11.8 Å². The third-order valence-electron chi connectivity index (χ3n) is 3.96. The van der Waals surface area contributed by atoms with Crippen LogP contribution in [0.2, 0.25) is 0 Å². The second-order valence-electron chi connectivity index (χ2n) is 5.20. The van der Waals surface area contributed by atoms with E-state index in [1.54, 1.807) is 0 Å². The Morgan fingerprint density at radius 2 is 1.59 bits per heavy atom. The van der Waals surface area contributed by atoms with E-state index in [0.717, 1.165) is 19.3 Å². The Kier molecular flexibility index (Phi) is 7.46. The van der Waals surface area contributed by atoms with Gasteiger partial charge in [-0.25, -0.2) is 0 Å². The minimum atomic E-state index is -2.36. The molecular weight excluding hydrogens is 231 g/mol. The third kappa shape index (κ3) is 5.14. The van der Waals surface area contributed by atoms with Gasteiger partial charge in [-0.15, -0.1) is 0 Å². The predicted octanol–water partition coefficient (Wildman–Crippen LogP) is 5.21. The van der Waals surface area contributed by atoms with Crippen molar-refractivity contribution in [3.63, 3.8) is 0 Å². The van der Waals surface area contributed by atoms with Gasteiger partial charge in [0.25, 0.3) is 0 Å². The quantitative estimate of drug-likeness (QED) is 0.637. The molecule has 2 unspecified atom stereocenters. The maximum absolute atomic E-state index is 12.8. The van der Waals surface area contributed by atoms with Crippen molar-refractivity contribution in [3.8, 4) is 0 Å². The third-order valence-corrected chi connectivity index (χ3v) is 7.20. The lowest BCUT2D eigenvalue weighted by atomic mass is 10.1. The molecule has 0 amide bonds. The molecule has 1 aliphatic rings. The Bertz CT molecular complexity index is 240. The molecule has 1 rings (SSSR count). The smallest absolute Gasteiger partial charge is 0.205 e. The molecule has 0 aromatic carbocycles. The summed E-state index contributed by atoms with van der Waals surface area (Å²) in [4.78, 5) is 0. The topological polar surface area (TPSA) is 26.3 Å². The summed E-state index contributed by atoms with van der Waals surface area (Å²) in [7, 11) is -2.36. The Hall–Kier alpha value is 0.190. The van der Waals surface area contributed by atoms with Crippen LogP contribution in [-0.2, 0) is 9.09 Å². The second-order valence-corrected chi connectivity index (χ2v) is 8.27. The van der Waals surface area contributed by atoms with Gasteiger partial charge < -0.3 is 4.52 Å². The zero-order chi connectivity index (χ0) is 12.6. The van der Waals surface area contributed by atoms with Crippen molar-refractivity contribution in [1.82, 2.24) is 0 Å². The van der Waals surface area contributed by atoms with Gasteiger partial charge in [0.15, 0.2) is 0 Å². The molecule has 1 saturated heterocycles. The van der Waals surface area contributed by atoms with Gasteiger partial charge >= 0.3 is 0 Å². The summed E-state index contributed by atoms with van der Waals surface area (Å²) in [5.74, 6) is 0. The molecule has 0 radical (unpaired) electrons. The standard InChI is InChI=1S/C14H29O2P/c1-3-14-12-10-8-6-5-7-9-11-13-16-17(14,15)4-2/h14H,3-13H2,1-2H3. The predicted molar refractivity (Wildman–Crippen MR) is 75.1 cm³/mol. The first-order valence-electron chi connectivity index (χ1n) is 7.46. The van der Waals surface area contributed by atoms with Crippen molar-refractivity contribution in [3.05, 3.63) is 0 Å². The van der Waals surface area contributed by atoms with Crippen LogP contribution in [0.5, 0.6) is 0 Å². The van der Waals surface area contributed by atoms with Crippen LogP contribution in [0.1, 0.15) is 71.6 Å². The van der Waals surface area contributed by atoms with Crippen molar-refractivity contribution in [1.29, 1.82) is 0 Å². The van der Waals surface area contributed by atoms with E-state index in [9.17, 15) is 4.57 Å². The van der Waals surface area contributed by atoms with Crippen LogP contribution >= 0.6 is 7.37 Å². The van der Waals surface area contributed by atoms with Gasteiger partial charge in [0.1, 0.15) is 0 Å². The zero-order valence-electron chi connectivity index (χ0n) is 11.6. The summed E-state index contributed by atoms with van der Waals surface area (Å²) in [5.41, 5.74) is 0.312. The van der Waals surface area contributed by atoms with E-state index in [4.69, 9.17) is 4.52 Å². The average molecular weight is 260 g/mol. The summed E-state index contributed by atoms with van der Waals surface area (Å²) in [6, 6.07) is 0. The van der Waals surface area contributed by atoms with Crippen LogP contribution in [0.15, 0.2) is 0 Å². The zero-order valence-corrected chi connectivity index (χ0v) is 12.5. The maximum Gasteiger partial charge on any atom is 0.205 e. The van der Waals surface area contributed by atoms with Crippen LogP contribution in [0.4, 0.5) is 0 Å². The minimum Gasteiger partial charge on any atom is -0.328 e. The largest absolute Gasteiger partial charge is 0.328 e. The highest BCUT2D eigenvalue weighted by Crippen LogP contribution is 2.54. The Balaban J connectivity index is 2.58. The molecule has 2 atom stereocenters. The van der Waals surface area contributed by atoms with Gasteiger partial charge in [-0.1, -0.05) is 52.4 Å². The maximum atomic E-state index is 12.8. The van der Waals surface area contributed by atoms with E-state index < -0.39 is 7.37 Å². The molecule has 0 spiro atoms. The van der Waals surface area contributed by atoms with Crippen LogP contribution in [0, 0.1) is 0 Å². The monoisotopic (exact) mass is 260 g/mol. The van der Waals surface area contributed by atoms with E-state index >= 15 is 0 Å². The molecule has 1 aliphatic heterocycles. The molecular formula is C14H29O2P. The van der Waals surface area contributed by atoms with E-state index in [1.807, 2.05) is 6.92 Å². The molecule has 0 saturated carbocycles. The highest BCUT2D eigenvalue weighted by molar-refractivity contribution is 7.59. The summed E-state index contributed by atoms with van der Waals surface area (Å²) < 4.78 is 18.6. The lowest BCUT2D eigenvalue weighted by molar-refractivity contribution is 0.291. The normalized spacial score (nSPS) is 33.6. The molecule has 0 aromatic rings. The summed E-state index contributed by atoms with van der Waals surface area (Å²) in [5, 5.41) is 0. The second kappa shape index (κ2) is 8.32. The molecule has 0 bridgehead atoms. The van der Waals surface area contributed by atoms with E-state index in [0.29, 0.717) is 18.4 Å². The molecule has 1 heterocycles. The first kappa shape index (κ1) is 15.2. The highest BCUT2D eigenvalue weighted by Gasteiger charge is 2.30. The van der Waals surface area contributed by atoms with Gasteiger partial charge in [-0.05, 0) is 19.3 Å². The summed E-state index contributed by atoms with van der Waals surface area (Å²) in [6.45, 7) is 4.89. The molecule has 2 nitrogen and oxygen atoms in total. The van der Waals surface area contributed by atoms with Crippen molar-refractivity contribution in [2.24, 2.45) is 0 Å². The number of hydrogen-bond acceptors (Lipinski definition) is 2. The summed E-state index contributed by atoms with van der Waals surface area (Å²) >= 11 is 0. The van der Waals surface area contributed by atoms with E-state index in [-0.39, 0.29) is 0 Å². The first-order valence-corrected chi connectivity index (χ1v) is 9.34. The van der Waals surface area contributed by atoms with Gasteiger partial charge in [0.05, 0.1) is 6.61 Å². The minimum absolute atomic E-state index is 0.312. The van der Waals surface area contributed by atoms with Crippen molar-refractivity contribution >= 4 is 7.37 Å². The molecule has 1 fully saturated rings. The summed E-state index contributed by atoms with van der Waals surface area (Å²) in [6.07, 6.45) is 11.7. The van der Waals surface area contributed by atoms with Crippen molar-refractivity contribution in [2.45, 2.75) is 77.3 Å². The van der Waals surface area contributed by atoms with Gasteiger partial charge in [-0.2, -0.15) is 0 Å². The molecule has 17 heavy (non-hydrogen) atoms. The number of rotatable bonds is 2. The Morgan fingerprint density at radius 1 is 1.00 bits per heavy atom. The molecule has 0 aliphatic carbocycles. The van der Waals surface area contributed by atoms with E-state index in [2.05, 4.69) is 6.92 Å². The Morgan fingerprint density at radius 3 is 2.18 bits per heavy atom. The lowest BCUT2D eigenvalue weighted by Crippen LogP contribution is -2.13. The van der Waals surface area contributed by atoms with Gasteiger partial charge in [0.2, 0.25) is 7.37 Å². The Labute approximate surface area is 107 Å². The molecule has 3 heteroatoms. The van der Waals surface area contributed by atoms with Crippen molar-refractivity contribution in [2.75, 3.05) is 12.8 Å². The fourth-order valence-corrected chi connectivity index (χ4v) is 5.20. The van der Waals surface area contributed by atoms with Crippen LogP contribution in [-0.4, -0.2) is 18.4 Å². The fraction of sp³-hybridized carbons (Fsp3) is 1.00. The van der Waals surface area contributed by atoms with Crippen LogP contribution < -0.4 is 0 Å². The molecule has 102 valence electrons. The average Bonchev–Trinajstić information content (AvgIpc) is 2.34. The van der Waals surface area contributed by atoms with Gasteiger partial charge in [-0.3, -0.25) is 4.57 Å². The molecule has 0 N–H and O–H groups in total. The highest BCUT2D eigenvalue weighted by atomic mass is 31.2.